The molecule has 2 atom stereocenters. The number of halogens is 2. The van der Waals surface area contributed by atoms with Crippen molar-refractivity contribution in [1.29, 1.82) is 0 Å². The zero-order valence-electron chi connectivity index (χ0n) is 10.4. The summed E-state index contributed by atoms with van der Waals surface area (Å²) >= 11 is 12.2. The van der Waals surface area contributed by atoms with E-state index in [1.54, 1.807) is 6.07 Å². The molecular formula is C13H16Cl2N2O. The Kier molecular flexibility index (Phi) is 4.15. The van der Waals surface area contributed by atoms with Crippen LogP contribution in [0.1, 0.15) is 18.9 Å². The predicted octanol–water partition coefficient (Wildman–Crippen LogP) is 3.24. The second-order valence-corrected chi connectivity index (χ2v) is 5.53. The largest absolute Gasteiger partial charge is 0.322 e. The van der Waals surface area contributed by atoms with E-state index in [1.807, 2.05) is 13.0 Å². The molecule has 0 aliphatic carbocycles. The molecule has 1 fully saturated rings. The molecule has 0 spiro atoms. The molecule has 0 radical (unpaired) electrons. The van der Waals surface area contributed by atoms with Crippen LogP contribution in [0.25, 0.3) is 0 Å². The quantitative estimate of drug-likeness (QED) is 0.876. The number of carbonyl (C=O) groups excluding carboxylic acids is 1. The molecule has 98 valence electrons. The minimum atomic E-state index is -0.169. The molecule has 1 amide bonds. The lowest BCUT2D eigenvalue weighted by atomic mass is 10.0. The standard InChI is InChI=1S/C13H16Cl2N2O/c1-7-3-4-9(14)12(10(7)15)17-13(18)11-8(2)5-6-16-11/h3-4,8,11,16H,5-6H2,1-2H3,(H,17,18). The van der Waals surface area contributed by atoms with Gasteiger partial charge >= 0.3 is 0 Å². The smallest absolute Gasteiger partial charge is 0.241 e. The van der Waals surface area contributed by atoms with Crippen molar-refractivity contribution in [2.24, 2.45) is 5.92 Å². The molecule has 2 N–H and O–H groups in total. The number of anilines is 1. The first kappa shape index (κ1) is 13.7. The molecular weight excluding hydrogens is 271 g/mol. The molecule has 1 saturated heterocycles. The molecule has 2 unspecified atom stereocenters. The number of hydrogen-bond donors (Lipinski definition) is 2. The molecule has 0 bridgehead atoms. The SMILES string of the molecule is Cc1ccc(Cl)c(NC(=O)C2NCCC2C)c1Cl. The first-order valence-electron chi connectivity index (χ1n) is 5.99. The topological polar surface area (TPSA) is 41.1 Å². The summed E-state index contributed by atoms with van der Waals surface area (Å²) in [4.78, 5) is 12.1. The lowest BCUT2D eigenvalue weighted by Gasteiger charge is -2.17. The maximum atomic E-state index is 12.1. The Morgan fingerprint density at radius 2 is 2.17 bits per heavy atom. The number of amides is 1. The van der Waals surface area contributed by atoms with Crippen LogP contribution in [0.3, 0.4) is 0 Å². The van der Waals surface area contributed by atoms with Crippen molar-refractivity contribution in [3.63, 3.8) is 0 Å². The highest BCUT2D eigenvalue weighted by Crippen LogP contribution is 2.33. The maximum Gasteiger partial charge on any atom is 0.241 e. The summed E-state index contributed by atoms with van der Waals surface area (Å²) in [5.74, 6) is 0.252. The minimum Gasteiger partial charge on any atom is -0.322 e. The van der Waals surface area contributed by atoms with Gasteiger partial charge in [0.2, 0.25) is 5.91 Å². The van der Waals surface area contributed by atoms with E-state index in [9.17, 15) is 4.79 Å². The van der Waals surface area contributed by atoms with Crippen molar-refractivity contribution in [3.05, 3.63) is 27.7 Å². The number of hydrogen-bond acceptors (Lipinski definition) is 2. The Hall–Kier alpha value is -0.770. The summed E-state index contributed by atoms with van der Waals surface area (Å²) in [5, 5.41) is 6.97. The molecule has 18 heavy (non-hydrogen) atoms. The Morgan fingerprint density at radius 1 is 1.44 bits per heavy atom. The molecule has 1 aliphatic heterocycles. The van der Waals surface area contributed by atoms with Gasteiger partial charge in [0, 0.05) is 0 Å². The van der Waals surface area contributed by atoms with Gasteiger partial charge in [-0.25, -0.2) is 0 Å². The first-order chi connectivity index (χ1) is 8.50. The van der Waals surface area contributed by atoms with Gasteiger partial charge in [0.1, 0.15) is 0 Å². The fourth-order valence-electron chi connectivity index (χ4n) is 2.16. The summed E-state index contributed by atoms with van der Waals surface area (Å²) in [5.41, 5.74) is 1.40. The summed E-state index contributed by atoms with van der Waals surface area (Å²) < 4.78 is 0. The minimum absolute atomic E-state index is 0.0746. The molecule has 0 aromatic heterocycles. The average molecular weight is 287 g/mol. The Bertz CT molecular complexity index is 476. The van der Waals surface area contributed by atoms with Gasteiger partial charge in [0.05, 0.1) is 21.8 Å². The number of rotatable bonds is 2. The van der Waals surface area contributed by atoms with Gasteiger partial charge in [-0.1, -0.05) is 36.2 Å². The second kappa shape index (κ2) is 5.47. The highest BCUT2D eigenvalue weighted by molar-refractivity contribution is 6.40. The zero-order chi connectivity index (χ0) is 13.3. The monoisotopic (exact) mass is 286 g/mol. The molecule has 2 rings (SSSR count). The lowest BCUT2D eigenvalue weighted by molar-refractivity contribution is -0.118. The van der Waals surface area contributed by atoms with E-state index in [2.05, 4.69) is 17.6 Å². The summed E-state index contributed by atoms with van der Waals surface area (Å²) in [7, 11) is 0. The lowest BCUT2D eigenvalue weighted by Crippen LogP contribution is -2.39. The highest BCUT2D eigenvalue weighted by atomic mass is 35.5. The van der Waals surface area contributed by atoms with E-state index < -0.39 is 0 Å². The van der Waals surface area contributed by atoms with Crippen LogP contribution in [0, 0.1) is 12.8 Å². The van der Waals surface area contributed by atoms with Crippen LogP contribution in [0.15, 0.2) is 12.1 Å². The maximum absolute atomic E-state index is 12.1. The number of carbonyl (C=O) groups is 1. The molecule has 1 aromatic carbocycles. The van der Waals surface area contributed by atoms with Crippen LogP contribution in [-0.4, -0.2) is 18.5 Å². The van der Waals surface area contributed by atoms with Crippen molar-refractivity contribution in [2.75, 3.05) is 11.9 Å². The Labute approximate surface area is 117 Å². The van der Waals surface area contributed by atoms with Gasteiger partial charge in [-0.2, -0.15) is 0 Å². The van der Waals surface area contributed by atoms with E-state index in [0.29, 0.717) is 21.7 Å². The van der Waals surface area contributed by atoms with Crippen LogP contribution in [0.4, 0.5) is 5.69 Å². The fourth-order valence-corrected chi connectivity index (χ4v) is 2.62. The fraction of sp³-hybridized carbons (Fsp3) is 0.462. The van der Waals surface area contributed by atoms with E-state index in [1.165, 1.54) is 0 Å². The van der Waals surface area contributed by atoms with E-state index in [-0.39, 0.29) is 11.9 Å². The van der Waals surface area contributed by atoms with Gasteiger partial charge in [-0.05, 0) is 37.4 Å². The van der Waals surface area contributed by atoms with Crippen molar-refractivity contribution in [1.82, 2.24) is 5.32 Å². The average Bonchev–Trinajstić information content (AvgIpc) is 2.76. The summed E-state index contributed by atoms with van der Waals surface area (Å²) in [6.07, 6.45) is 1.01. The predicted molar refractivity (Wildman–Crippen MR) is 75.4 cm³/mol. The van der Waals surface area contributed by atoms with Crippen molar-refractivity contribution in [2.45, 2.75) is 26.3 Å². The molecule has 1 aromatic rings. The normalized spacial score (nSPS) is 23.1. The van der Waals surface area contributed by atoms with Crippen molar-refractivity contribution < 1.29 is 4.79 Å². The number of nitrogens with one attached hydrogen (secondary N) is 2. The molecule has 5 heteroatoms. The number of aryl methyl sites for hydroxylation is 1. The van der Waals surface area contributed by atoms with E-state index in [0.717, 1.165) is 18.5 Å². The second-order valence-electron chi connectivity index (χ2n) is 4.74. The molecule has 1 heterocycles. The summed E-state index contributed by atoms with van der Waals surface area (Å²) in [6, 6.07) is 3.40. The van der Waals surface area contributed by atoms with Gasteiger partial charge < -0.3 is 10.6 Å². The van der Waals surface area contributed by atoms with Gasteiger partial charge in [0.25, 0.3) is 0 Å². The van der Waals surface area contributed by atoms with Crippen LogP contribution in [0.5, 0.6) is 0 Å². The van der Waals surface area contributed by atoms with E-state index in [4.69, 9.17) is 23.2 Å². The van der Waals surface area contributed by atoms with Gasteiger partial charge in [-0.15, -0.1) is 0 Å². The Balaban J connectivity index is 2.19. The zero-order valence-corrected chi connectivity index (χ0v) is 11.9. The summed E-state index contributed by atoms with van der Waals surface area (Å²) in [6.45, 7) is 4.81. The van der Waals surface area contributed by atoms with E-state index >= 15 is 0 Å². The molecule has 1 aliphatic rings. The van der Waals surface area contributed by atoms with Crippen LogP contribution in [0.2, 0.25) is 10.0 Å². The third-order valence-corrected chi connectivity index (χ3v) is 4.15. The highest BCUT2D eigenvalue weighted by Gasteiger charge is 2.29. The third-order valence-electron chi connectivity index (χ3n) is 3.35. The van der Waals surface area contributed by atoms with Gasteiger partial charge in [-0.3, -0.25) is 4.79 Å². The van der Waals surface area contributed by atoms with Crippen LogP contribution < -0.4 is 10.6 Å². The van der Waals surface area contributed by atoms with Crippen LogP contribution in [-0.2, 0) is 4.79 Å². The third kappa shape index (κ3) is 2.63. The van der Waals surface area contributed by atoms with Crippen molar-refractivity contribution >= 4 is 34.8 Å². The van der Waals surface area contributed by atoms with Gasteiger partial charge in [0.15, 0.2) is 0 Å². The van der Waals surface area contributed by atoms with Crippen LogP contribution >= 0.6 is 23.2 Å². The molecule has 3 nitrogen and oxygen atoms in total. The molecule has 0 saturated carbocycles. The first-order valence-corrected chi connectivity index (χ1v) is 6.75. The Morgan fingerprint density at radius 3 is 2.78 bits per heavy atom. The number of benzene rings is 1. The van der Waals surface area contributed by atoms with Crippen molar-refractivity contribution in [3.8, 4) is 0 Å².